The topological polar surface area (TPSA) is 136 Å². The van der Waals surface area contributed by atoms with Gasteiger partial charge in [-0.3, -0.25) is 14.4 Å². The van der Waals surface area contributed by atoms with Gasteiger partial charge >= 0.3 is 0 Å². The van der Waals surface area contributed by atoms with Crippen LogP contribution in [0.4, 0.5) is 0 Å². The van der Waals surface area contributed by atoms with Crippen molar-refractivity contribution in [1.29, 1.82) is 0 Å². The number of amides is 1. The molecule has 0 radical (unpaired) electrons. The lowest BCUT2D eigenvalue weighted by Gasteiger charge is -2.03. The fourth-order valence-corrected chi connectivity index (χ4v) is 1.90. The maximum Gasteiger partial charge on any atom is 0.267 e. The number of aromatic amines is 1. The Bertz CT molecular complexity index is 973. The second kappa shape index (κ2) is 6.69. The number of carbonyl (C=O) groups is 1. The Balaban J connectivity index is 1.61. The summed E-state index contributed by atoms with van der Waals surface area (Å²) in [5.74, 6) is -0.00926. The molecule has 0 atom stereocenters. The van der Waals surface area contributed by atoms with Crippen LogP contribution in [-0.2, 0) is 17.9 Å². The van der Waals surface area contributed by atoms with Crippen molar-refractivity contribution >= 4 is 5.91 Å². The third-order valence-corrected chi connectivity index (χ3v) is 3.02. The minimum atomic E-state index is -0.424. The van der Waals surface area contributed by atoms with Crippen LogP contribution in [0.3, 0.4) is 0 Å². The van der Waals surface area contributed by atoms with Gasteiger partial charge in [-0.05, 0) is 12.1 Å². The Morgan fingerprint density at radius 2 is 2.21 bits per heavy atom. The molecule has 0 aliphatic rings. The minimum absolute atomic E-state index is 0.00336. The van der Waals surface area contributed by atoms with Crippen molar-refractivity contribution in [3.05, 3.63) is 63.3 Å². The van der Waals surface area contributed by atoms with Crippen molar-refractivity contribution in [3.63, 3.8) is 0 Å². The zero-order valence-corrected chi connectivity index (χ0v) is 12.3. The van der Waals surface area contributed by atoms with Crippen LogP contribution in [0.25, 0.3) is 11.4 Å². The van der Waals surface area contributed by atoms with Crippen LogP contribution >= 0.6 is 0 Å². The molecule has 1 amide bonds. The first-order chi connectivity index (χ1) is 11.6. The van der Waals surface area contributed by atoms with E-state index in [4.69, 9.17) is 4.52 Å². The number of hydrogen-bond acceptors (Lipinski definition) is 7. The molecule has 2 N–H and O–H groups in total. The van der Waals surface area contributed by atoms with E-state index in [1.54, 1.807) is 6.07 Å². The number of rotatable bonds is 5. The third-order valence-electron chi connectivity index (χ3n) is 3.02. The molecule has 3 aromatic rings. The van der Waals surface area contributed by atoms with Gasteiger partial charge in [-0.1, -0.05) is 5.16 Å². The van der Waals surface area contributed by atoms with E-state index in [1.165, 1.54) is 30.6 Å². The summed E-state index contributed by atoms with van der Waals surface area (Å²) in [4.78, 5) is 41.1. The molecule has 10 heteroatoms. The first-order valence-corrected chi connectivity index (χ1v) is 6.92. The van der Waals surface area contributed by atoms with Crippen LogP contribution in [0.1, 0.15) is 5.89 Å². The van der Waals surface area contributed by atoms with Crippen LogP contribution in [0.5, 0.6) is 0 Å². The van der Waals surface area contributed by atoms with E-state index >= 15 is 0 Å². The van der Waals surface area contributed by atoms with E-state index in [0.717, 1.165) is 4.68 Å². The highest BCUT2D eigenvalue weighted by Crippen LogP contribution is 2.12. The van der Waals surface area contributed by atoms with Crippen molar-refractivity contribution in [2.75, 3.05) is 0 Å². The predicted octanol–water partition coefficient (Wildman–Crippen LogP) is -0.702. The molecule has 0 bridgehead atoms. The fraction of sp³-hybridized carbons (Fsp3) is 0.143. The Hall–Kier alpha value is -3.56. The molecule has 24 heavy (non-hydrogen) atoms. The third kappa shape index (κ3) is 3.61. The van der Waals surface area contributed by atoms with Gasteiger partial charge in [0.25, 0.3) is 5.56 Å². The average Bonchev–Trinajstić information content (AvgIpc) is 3.04. The lowest BCUT2D eigenvalue weighted by Crippen LogP contribution is -2.32. The highest BCUT2D eigenvalue weighted by atomic mass is 16.5. The standard InChI is InChI=1S/C14H12N6O4/c21-10-6-9(3-5-15-10)14-18-12(24-19-14)7-16-11(22)8-20-13(23)2-1-4-17-20/h1-6H,7-8H2,(H,15,21)(H,16,22). The fourth-order valence-electron chi connectivity index (χ4n) is 1.90. The monoisotopic (exact) mass is 328 g/mol. The summed E-state index contributed by atoms with van der Waals surface area (Å²) in [7, 11) is 0. The normalized spacial score (nSPS) is 10.5. The molecule has 3 rings (SSSR count). The van der Waals surface area contributed by atoms with Crippen LogP contribution in [0.2, 0.25) is 0 Å². The van der Waals surface area contributed by atoms with E-state index in [0.29, 0.717) is 5.56 Å². The molecule has 0 aromatic carbocycles. The summed E-state index contributed by atoms with van der Waals surface area (Å²) >= 11 is 0. The van der Waals surface area contributed by atoms with Gasteiger partial charge in [0.05, 0.1) is 6.54 Å². The average molecular weight is 328 g/mol. The minimum Gasteiger partial charge on any atom is -0.345 e. The molecule has 10 nitrogen and oxygen atoms in total. The molecular weight excluding hydrogens is 316 g/mol. The summed E-state index contributed by atoms with van der Waals surface area (Å²) in [5.41, 5.74) is -0.157. The molecular formula is C14H12N6O4. The summed E-state index contributed by atoms with van der Waals surface area (Å²) in [6, 6.07) is 5.76. The Morgan fingerprint density at radius 1 is 1.33 bits per heavy atom. The van der Waals surface area contributed by atoms with E-state index in [1.807, 2.05) is 0 Å². The molecule has 0 saturated carbocycles. The number of carbonyl (C=O) groups excluding carboxylic acids is 1. The number of nitrogens with zero attached hydrogens (tertiary/aromatic N) is 4. The smallest absolute Gasteiger partial charge is 0.267 e. The van der Waals surface area contributed by atoms with E-state index < -0.39 is 5.91 Å². The summed E-state index contributed by atoms with van der Waals surface area (Å²) < 4.78 is 6.04. The molecule has 3 heterocycles. The van der Waals surface area contributed by atoms with Gasteiger partial charge in [-0.2, -0.15) is 10.1 Å². The largest absolute Gasteiger partial charge is 0.345 e. The van der Waals surface area contributed by atoms with Crippen LogP contribution in [0.15, 0.2) is 50.8 Å². The van der Waals surface area contributed by atoms with E-state index in [9.17, 15) is 14.4 Å². The number of pyridine rings is 1. The van der Waals surface area contributed by atoms with Crippen molar-refractivity contribution in [3.8, 4) is 11.4 Å². The van der Waals surface area contributed by atoms with Crippen molar-refractivity contribution in [2.45, 2.75) is 13.1 Å². The zero-order chi connectivity index (χ0) is 16.9. The highest BCUT2D eigenvalue weighted by molar-refractivity contribution is 5.75. The number of aromatic nitrogens is 5. The summed E-state index contributed by atoms with van der Waals surface area (Å²) in [5, 5.41) is 10.1. The Labute approximate surface area is 134 Å². The number of hydrogen-bond donors (Lipinski definition) is 2. The van der Waals surface area contributed by atoms with Crippen molar-refractivity contribution in [2.24, 2.45) is 0 Å². The van der Waals surface area contributed by atoms with Crippen molar-refractivity contribution < 1.29 is 9.32 Å². The number of H-pyrrole nitrogens is 1. The van der Waals surface area contributed by atoms with Gasteiger partial charge in [0.1, 0.15) is 6.54 Å². The van der Waals surface area contributed by atoms with E-state index in [-0.39, 0.29) is 35.9 Å². The second-order valence-corrected chi connectivity index (χ2v) is 4.75. The maximum absolute atomic E-state index is 11.8. The van der Waals surface area contributed by atoms with Gasteiger partial charge in [0, 0.05) is 30.1 Å². The lowest BCUT2D eigenvalue weighted by atomic mass is 10.2. The van der Waals surface area contributed by atoms with Gasteiger partial charge in [0.2, 0.25) is 23.2 Å². The van der Waals surface area contributed by atoms with Crippen LogP contribution in [0, 0.1) is 0 Å². The second-order valence-electron chi connectivity index (χ2n) is 4.75. The van der Waals surface area contributed by atoms with Crippen molar-refractivity contribution in [1.82, 2.24) is 30.2 Å². The molecule has 0 spiro atoms. The van der Waals surface area contributed by atoms with Gasteiger partial charge in [-0.15, -0.1) is 0 Å². The highest BCUT2D eigenvalue weighted by Gasteiger charge is 2.11. The lowest BCUT2D eigenvalue weighted by molar-refractivity contribution is -0.122. The van der Waals surface area contributed by atoms with Gasteiger partial charge in [-0.25, -0.2) is 4.68 Å². The van der Waals surface area contributed by atoms with Gasteiger partial charge in [0.15, 0.2) is 0 Å². The van der Waals surface area contributed by atoms with Crippen LogP contribution in [-0.4, -0.2) is 30.8 Å². The van der Waals surface area contributed by atoms with Crippen LogP contribution < -0.4 is 16.4 Å². The molecule has 3 aromatic heterocycles. The number of nitrogens with one attached hydrogen (secondary N) is 2. The molecule has 0 unspecified atom stereocenters. The first kappa shape index (κ1) is 15.3. The summed E-state index contributed by atoms with van der Waals surface area (Å²) in [6.07, 6.45) is 2.89. The zero-order valence-electron chi connectivity index (χ0n) is 12.3. The maximum atomic E-state index is 11.8. The Kier molecular flexibility index (Phi) is 4.27. The quantitative estimate of drug-likeness (QED) is 0.632. The predicted molar refractivity (Wildman–Crippen MR) is 80.7 cm³/mol. The summed E-state index contributed by atoms with van der Waals surface area (Å²) in [6.45, 7) is -0.217. The molecule has 0 aliphatic carbocycles. The van der Waals surface area contributed by atoms with E-state index in [2.05, 4.69) is 25.5 Å². The SMILES string of the molecule is O=C(Cn1ncccc1=O)NCc1nc(-c2cc[nH]c(=O)c2)no1. The molecule has 0 aliphatic heterocycles. The first-order valence-electron chi connectivity index (χ1n) is 6.92. The van der Waals surface area contributed by atoms with Gasteiger partial charge < -0.3 is 14.8 Å². The molecule has 122 valence electrons. The molecule has 0 saturated heterocycles. The molecule has 0 fully saturated rings. The Morgan fingerprint density at radius 3 is 3.00 bits per heavy atom.